The van der Waals surface area contributed by atoms with Crippen LogP contribution in [0.3, 0.4) is 0 Å². The molecule has 0 fully saturated rings. The van der Waals surface area contributed by atoms with Crippen LogP contribution in [0.1, 0.15) is 24.5 Å². The fourth-order valence-corrected chi connectivity index (χ4v) is 1.90. The van der Waals surface area contributed by atoms with E-state index in [0.29, 0.717) is 37.6 Å². The van der Waals surface area contributed by atoms with Crippen LogP contribution in [0.25, 0.3) is 0 Å². The zero-order valence-corrected chi connectivity index (χ0v) is 11.3. The molecule has 0 saturated heterocycles. The molecule has 5 nitrogen and oxygen atoms in total. The van der Waals surface area contributed by atoms with Gasteiger partial charge in [-0.25, -0.2) is 0 Å². The van der Waals surface area contributed by atoms with Crippen molar-refractivity contribution in [1.82, 2.24) is 4.90 Å². The van der Waals surface area contributed by atoms with Gasteiger partial charge in [0.2, 0.25) is 5.91 Å². The van der Waals surface area contributed by atoms with Gasteiger partial charge in [0, 0.05) is 32.1 Å². The summed E-state index contributed by atoms with van der Waals surface area (Å²) in [5.74, 6) is 1.48. The van der Waals surface area contributed by atoms with Gasteiger partial charge in [-0.05, 0) is 18.6 Å². The topological polar surface area (TPSA) is 59.0 Å². The minimum atomic E-state index is -0.540. The number of carbonyl (C=O) groups excluding carboxylic acids is 1. The summed E-state index contributed by atoms with van der Waals surface area (Å²) in [7, 11) is 3.48. The maximum atomic E-state index is 11.4. The van der Waals surface area contributed by atoms with Crippen molar-refractivity contribution in [1.29, 1.82) is 0 Å². The van der Waals surface area contributed by atoms with Crippen LogP contribution in [0.15, 0.2) is 18.2 Å². The highest BCUT2D eigenvalue weighted by molar-refractivity contribution is 5.75. The van der Waals surface area contributed by atoms with Crippen LogP contribution in [-0.4, -0.2) is 43.2 Å². The number of amides is 1. The first kappa shape index (κ1) is 13.7. The van der Waals surface area contributed by atoms with E-state index in [-0.39, 0.29) is 5.91 Å². The summed E-state index contributed by atoms with van der Waals surface area (Å²) in [6.07, 6.45) is 0.617. The highest BCUT2D eigenvalue weighted by Gasteiger charge is 2.21. The molecule has 0 aliphatic carbocycles. The molecule has 1 heterocycles. The number of carbonyl (C=O) groups is 1. The average molecular weight is 265 g/mol. The highest BCUT2D eigenvalue weighted by Crippen LogP contribution is 2.34. The minimum absolute atomic E-state index is 0.101. The molecule has 1 N–H and O–H groups in total. The Bertz CT molecular complexity index is 459. The van der Waals surface area contributed by atoms with Crippen LogP contribution in [0.4, 0.5) is 0 Å². The fourth-order valence-electron chi connectivity index (χ4n) is 1.90. The van der Waals surface area contributed by atoms with E-state index in [1.807, 2.05) is 12.1 Å². The van der Waals surface area contributed by atoms with Crippen molar-refractivity contribution in [2.24, 2.45) is 0 Å². The Labute approximate surface area is 112 Å². The van der Waals surface area contributed by atoms with E-state index in [1.165, 1.54) is 0 Å². The third-order valence-corrected chi connectivity index (χ3v) is 3.04. The smallest absolute Gasteiger partial charge is 0.222 e. The Kier molecular flexibility index (Phi) is 4.27. The van der Waals surface area contributed by atoms with Gasteiger partial charge in [-0.2, -0.15) is 0 Å². The molecule has 1 aromatic carbocycles. The first-order chi connectivity index (χ1) is 9.08. The monoisotopic (exact) mass is 265 g/mol. The molecule has 0 saturated carbocycles. The molecule has 104 valence electrons. The minimum Gasteiger partial charge on any atom is -0.493 e. The molecular formula is C14H19NO4. The van der Waals surface area contributed by atoms with E-state index in [0.717, 1.165) is 5.56 Å². The van der Waals surface area contributed by atoms with Crippen molar-refractivity contribution in [3.63, 3.8) is 0 Å². The molecule has 1 unspecified atom stereocenters. The molecule has 2 rings (SSSR count). The first-order valence-electron chi connectivity index (χ1n) is 6.35. The van der Waals surface area contributed by atoms with Gasteiger partial charge in [0.25, 0.3) is 0 Å². The lowest BCUT2D eigenvalue weighted by atomic mass is 10.1. The van der Waals surface area contributed by atoms with Gasteiger partial charge in [-0.15, -0.1) is 0 Å². The van der Waals surface area contributed by atoms with Gasteiger partial charge in [0.05, 0.1) is 6.61 Å². The van der Waals surface area contributed by atoms with E-state index in [1.54, 1.807) is 25.1 Å². The number of aliphatic hydroxyl groups is 1. The van der Waals surface area contributed by atoms with Crippen molar-refractivity contribution in [2.75, 3.05) is 27.3 Å². The standard InChI is InChI=1S/C14H19NO4/c1-15(2)14(17)4-3-7-18-10-5-6-11-12(16)9-19-13(11)8-10/h5-6,8,12,16H,3-4,7,9H2,1-2H3. The normalized spacial score (nSPS) is 16.7. The number of aliphatic hydroxyl groups excluding tert-OH is 1. The van der Waals surface area contributed by atoms with Gasteiger partial charge < -0.3 is 19.5 Å². The fraction of sp³-hybridized carbons (Fsp3) is 0.500. The SMILES string of the molecule is CN(C)C(=O)CCCOc1ccc2c(c1)OCC2O. The molecular weight excluding hydrogens is 246 g/mol. The van der Waals surface area contributed by atoms with Crippen LogP contribution in [0, 0.1) is 0 Å². The maximum absolute atomic E-state index is 11.4. The predicted octanol–water partition coefficient (Wildman–Crippen LogP) is 1.36. The number of ether oxygens (including phenoxy) is 2. The summed E-state index contributed by atoms with van der Waals surface area (Å²) in [5.41, 5.74) is 0.801. The molecule has 1 aliphatic rings. The third-order valence-electron chi connectivity index (χ3n) is 3.04. The van der Waals surface area contributed by atoms with E-state index < -0.39 is 6.10 Å². The Morgan fingerprint density at radius 1 is 1.53 bits per heavy atom. The Hall–Kier alpha value is -1.75. The predicted molar refractivity (Wildman–Crippen MR) is 70.3 cm³/mol. The molecule has 0 bridgehead atoms. The van der Waals surface area contributed by atoms with Crippen LogP contribution in [0.5, 0.6) is 11.5 Å². The number of hydrogen-bond acceptors (Lipinski definition) is 4. The van der Waals surface area contributed by atoms with E-state index in [2.05, 4.69) is 0 Å². The molecule has 0 aromatic heterocycles. The van der Waals surface area contributed by atoms with Gasteiger partial charge >= 0.3 is 0 Å². The molecule has 1 atom stereocenters. The van der Waals surface area contributed by atoms with E-state index >= 15 is 0 Å². The lowest BCUT2D eigenvalue weighted by Gasteiger charge is -2.11. The Morgan fingerprint density at radius 3 is 3.05 bits per heavy atom. The van der Waals surface area contributed by atoms with Crippen molar-refractivity contribution in [3.8, 4) is 11.5 Å². The second kappa shape index (κ2) is 5.93. The molecule has 1 amide bonds. The zero-order chi connectivity index (χ0) is 13.8. The summed E-state index contributed by atoms with van der Waals surface area (Å²) in [6.45, 7) is 0.789. The lowest BCUT2D eigenvalue weighted by molar-refractivity contribution is -0.128. The second-order valence-electron chi connectivity index (χ2n) is 4.77. The van der Waals surface area contributed by atoms with Crippen LogP contribution in [0.2, 0.25) is 0 Å². The van der Waals surface area contributed by atoms with Crippen molar-refractivity contribution in [3.05, 3.63) is 23.8 Å². The Morgan fingerprint density at radius 2 is 2.32 bits per heavy atom. The van der Waals surface area contributed by atoms with Gasteiger partial charge in [-0.3, -0.25) is 4.79 Å². The number of hydrogen-bond donors (Lipinski definition) is 1. The summed E-state index contributed by atoms with van der Waals surface area (Å²) < 4.78 is 10.9. The van der Waals surface area contributed by atoms with Crippen molar-refractivity contribution >= 4 is 5.91 Å². The first-order valence-corrected chi connectivity index (χ1v) is 6.35. The van der Waals surface area contributed by atoms with E-state index in [4.69, 9.17) is 9.47 Å². The van der Waals surface area contributed by atoms with Crippen molar-refractivity contribution in [2.45, 2.75) is 18.9 Å². The Balaban J connectivity index is 1.80. The van der Waals surface area contributed by atoms with Gasteiger partial charge in [0.15, 0.2) is 0 Å². The molecule has 0 radical (unpaired) electrons. The molecule has 0 spiro atoms. The quantitative estimate of drug-likeness (QED) is 0.817. The lowest BCUT2D eigenvalue weighted by Crippen LogP contribution is -2.21. The molecule has 5 heteroatoms. The summed E-state index contributed by atoms with van der Waals surface area (Å²) in [5, 5.41) is 9.59. The summed E-state index contributed by atoms with van der Waals surface area (Å²) in [4.78, 5) is 12.9. The number of rotatable bonds is 5. The van der Waals surface area contributed by atoms with Crippen LogP contribution < -0.4 is 9.47 Å². The van der Waals surface area contributed by atoms with Crippen LogP contribution in [-0.2, 0) is 4.79 Å². The number of nitrogens with zero attached hydrogens (tertiary/aromatic N) is 1. The van der Waals surface area contributed by atoms with Crippen molar-refractivity contribution < 1.29 is 19.4 Å². The molecule has 19 heavy (non-hydrogen) atoms. The average Bonchev–Trinajstić information content (AvgIpc) is 2.75. The van der Waals surface area contributed by atoms with Gasteiger partial charge in [-0.1, -0.05) is 0 Å². The van der Waals surface area contributed by atoms with Gasteiger partial charge in [0.1, 0.15) is 24.2 Å². The maximum Gasteiger partial charge on any atom is 0.222 e. The summed E-state index contributed by atoms with van der Waals surface area (Å²) >= 11 is 0. The zero-order valence-electron chi connectivity index (χ0n) is 11.3. The molecule has 1 aliphatic heterocycles. The highest BCUT2D eigenvalue weighted by atomic mass is 16.5. The van der Waals surface area contributed by atoms with Crippen LogP contribution >= 0.6 is 0 Å². The largest absolute Gasteiger partial charge is 0.493 e. The second-order valence-corrected chi connectivity index (χ2v) is 4.77. The third kappa shape index (κ3) is 3.38. The summed E-state index contributed by atoms with van der Waals surface area (Å²) in [6, 6.07) is 5.40. The number of fused-ring (bicyclic) bond motifs is 1. The number of benzene rings is 1. The van der Waals surface area contributed by atoms with E-state index in [9.17, 15) is 9.90 Å². The molecule has 1 aromatic rings.